The highest BCUT2D eigenvalue weighted by molar-refractivity contribution is 6.63. The number of esters is 1. The first kappa shape index (κ1) is 19.8. The average molecular weight is 347 g/mol. The van der Waals surface area contributed by atoms with Gasteiger partial charge >= 0.3 is 13.1 Å². The molecule has 0 unspecified atom stereocenters. The number of carbonyl (C=O) groups excluding carboxylic acids is 1. The maximum atomic E-state index is 12.5. The molecule has 0 bridgehead atoms. The second-order valence-electron chi connectivity index (χ2n) is 8.58. The third kappa shape index (κ3) is 4.01. The van der Waals surface area contributed by atoms with E-state index in [0.717, 1.165) is 16.7 Å². The number of hydrogen-bond donors (Lipinski definition) is 1. The second kappa shape index (κ2) is 6.33. The zero-order valence-electron chi connectivity index (χ0n) is 16.9. The van der Waals surface area contributed by atoms with Crippen LogP contribution in [0.5, 0.6) is 0 Å². The molecular formula is C19H30BNO4. The number of carbonyl (C=O) groups is 1. The van der Waals surface area contributed by atoms with E-state index in [0.29, 0.717) is 5.56 Å². The van der Waals surface area contributed by atoms with Gasteiger partial charge in [0.05, 0.1) is 16.8 Å². The Balaban J connectivity index is 2.45. The van der Waals surface area contributed by atoms with Gasteiger partial charge in [0.1, 0.15) is 5.60 Å². The van der Waals surface area contributed by atoms with Crippen LogP contribution in [-0.2, 0) is 14.0 Å². The summed E-state index contributed by atoms with van der Waals surface area (Å²) in [5.41, 5.74) is 1.74. The highest BCUT2D eigenvalue weighted by Crippen LogP contribution is 2.37. The summed E-state index contributed by atoms with van der Waals surface area (Å²) in [4.78, 5) is 12.5. The lowest BCUT2D eigenvalue weighted by Crippen LogP contribution is -2.41. The lowest BCUT2D eigenvalue weighted by molar-refractivity contribution is 0.00578. The molecule has 5 nitrogen and oxygen atoms in total. The van der Waals surface area contributed by atoms with Crippen molar-refractivity contribution in [2.75, 3.05) is 12.4 Å². The SMILES string of the molecule is CNc1cc(C(=O)OC(C)(C)C)cc(B2OC(C)(C)C(C)(C)O2)c1C. The van der Waals surface area contributed by atoms with E-state index >= 15 is 0 Å². The Morgan fingerprint density at radius 2 is 1.64 bits per heavy atom. The van der Waals surface area contributed by atoms with Gasteiger partial charge in [0.25, 0.3) is 0 Å². The van der Waals surface area contributed by atoms with Gasteiger partial charge in [0.2, 0.25) is 0 Å². The first-order valence-corrected chi connectivity index (χ1v) is 8.69. The Hall–Kier alpha value is -1.53. The predicted octanol–water partition coefficient (Wildman–Crippen LogP) is 3.29. The standard InChI is InChI=1S/C19H30BNO4/c1-12-14(20-24-18(5,6)19(7,8)25-20)10-13(11-15(12)21-9)16(22)23-17(2,3)4/h10-11,21H,1-9H3. The number of benzene rings is 1. The molecule has 0 spiro atoms. The Bertz CT molecular complexity index is 661. The van der Waals surface area contributed by atoms with Crippen LogP contribution in [0.1, 0.15) is 64.4 Å². The Labute approximate surface area is 151 Å². The molecule has 25 heavy (non-hydrogen) atoms. The van der Waals surface area contributed by atoms with Crippen LogP contribution in [0, 0.1) is 6.92 Å². The zero-order valence-corrected chi connectivity index (χ0v) is 16.9. The van der Waals surface area contributed by atoms with E-state index in [-0.39, 0.29) is 5.97 Å². The summed E-state index contributed by atoms with van der Waals surface area (Å²) in [6, 6.07) is 3.62. The van der Waals surface area contributed by atoms with Crippen LogP contribution in [0.15, 0.2) is 12.1 Å². The van der Waals surface area contributed by atoms with Gasteiger partial charge in [-0.1, -0.05) is 0 Å². The quantitative estimate of drug-likeness (QED) is 0.672. The molecule has 0 aromatic heterocycles. The van der Waals surface area contributed by atoms with Crippen LogP contribution < -0.4 is 10.8 Å². The third-order valence-electron chi connectivity index (χ3n) is 4.86. The molecule has 2 rings (SSSR count). The van der Waals surface area contributed by atoms with Crippen molar-refractivity contribution < 1.29 is 18.8 Å². The van der Waals surface area contributed by atoms with Crippen molar-refractivity contribution in [3.63, 3.8) is 0 Å². The van der Waals surface area contributed by atoms with Crippen LogP contribution in [0.25, 0.3) is 0 Å². The fourth-order valence-corrected chi connectivity index (χ4v) is 2.67. The van der Waals surface area contributed by atoms with Crippen LogP contribution >= 0.6 is 0 Å². The van der Waals surface area contributed by atoms with Crippen LogP contribution in [0.3, 0.4) is 0 Å². The third-order valence-corrected chi connectivity index (χ3v) is 4.86. The number of nitrogens with one attached hydrogen (secondary N) is 1. The van der Waals surface area contributed by atoms with E-state index < -0.39 is 23.9 Å². The molecule has 1 aromatic rings. The lowest BCUT2D eigenvalue weighted by Gasteiger charge is -2.32. The van der Waals surface area contributed by atoms with Gasteiger partial charge in [-0.05, 0) is 78.5 Å². The van der Waals surface area contributed by atoms with E-state index in [1.54, 1.807) is 6.07 Å². The van der Waals surface area contributed by atoms with Crippen molar-refractivity contribution in [3.05, 3.63) is 23.3 Å². The van der Waals surface area contributed by atoms with Crippen molar-refractivity contribution in [3.8, 4) is 0 Å². The first-order chi connectivity index (χ1) is 11.3. The van der Waals surface area contributed by atoms with Gasteiger partial charge < -0.3 is 19.4 Å². The molecule has 138 valence electrons. The zero-order chi connectivity index (χ0) is 19.2. The lowest BCUT2D eigenvalue weighted by atomic mass is 9.75. The molecule has 1 heterocycles. The summed E-state index contributed by atoms with van der Waals surface area (Å²) in [7, 11) is 1.30. The van der Waals surface area contributed by atoms with Gasteiger partial charge in [-0.3, -0.25) is 0 Å². The highest BCUT2D eigenvalue weighted by Gasteiger charge is 2.52. The Kier molecular flexibility index (Phi) is 5.01. The maximum absolute atomic E-state index is 12.5. The molecule has 1 aliphatic heterocycles. The molecular weight excluding hydrogens is 317 g/mol. The molecule has 0 amide bonds. The summed E-state index contributed by atoms with van der Waals surface area (Å²) in [6.07, 6.45) is 0. The van der Waals surface area contributed by atoms with E-state index in [1.807, 2.05) is 68.5 Å². The largest absolute Gasteiger partial charge is 0.495 e. The van der Waals surface area contributed by atoms with Crippen molar-refractivity contribution >= 4 is 24.2 Å². The summed E-state index contributed by atoms with van der Waals surface area (Å²) in [6.45, 7) is 15.6. The molecule has 1 N–H and O–H groups in total. The van der Waals surface area contributed by atoms with E-state index in [9.17, 15) is 4.79 Å². The number of anilines is 1. The fourth-order valence-electron chi connectivity index (χ4n) is 2.67. The molecule has 6 heteroatoms. The summed E-state index contributed by atoms with van der Waals surface area (Å²) in [5, 5.41) is 3.14. The molecule has 0 radical (unpaired) electrons. The predicted molar refractivity (Wildman–Crippen MR) is 102 cm³/mol. The summed E-state index contributed by atoms with van der Waals surface area (Å²) >= 11 is 0. The van der Waals surface area contributed by atoms with Gasteiger partial charge in [-0.25, -0.2) is 4.79 Å². The van der Waals surface area contributed by atoms with Crippen molar-refractivity contribution in [1.29, 1.82) is 0 Å². The number of rotatable bonds is 3. The van der Waals surface area contributed by atoms with Crippen LogP contribution in [0.4, 0.5) is 5.69 Å². The molecule has 0 saturated carbocycles. The van der Waals surface area contributed by atoms with Crippen molar-refractivity contribution in [2.45, 2.75) is 72.2 Å². The van der Waals surface area contributed by atoms with Crippen molar-refractivity contribution in [1.82, 2.24) is 0 Å². The number of hydrogen-bond acceptors (Lipinski definition) is 5. The molecule has 0 aliphatic carbocycles. The Morgan fingerprint density at radius 3 is 2.08 bits per heavy atom. The Morgan fingerprint density at radius 1 is 1.12 bits per heavy atom. The fraction of sp³-hybridized carbons (Fsp3) is 0.632. The smallest absolute Gasteiger partial charge is 0.456 e. The normalized spacial score (nSPS) is 19.0. The second-order valence-corrected chi connectivity index (χ2v) is 8.58. The molecule has 1 fully saturated rings. The van der Waals surface area contributed by atoms with E-state index in [4.69, 9.17) is 14.0 Å². The van der Waals surface area contributed by atoms with Gasteiger partial charge in [-0.15, -0.1) is 0 Å². The summed E-state index contributed by atoms with van der Waals surface area (Å²) < 4.78 is 17.8. The first-order valence-electron chi connectivity index (χ1n) is 8.69. The van der Waals surface area contributed by atoms with E-state index in [2.05, 4.69) is 5.32 Å². The van der Waals surface area contributed by atoms with Gasteiger partial charge in [-0.2, -0.15) is 0 Å². The monoisotopic (exact) mass is 347 g/mol. The van der Waals surface area contributed by atoms with Gasteiger partial charge in [0.15, 0.2) is 0 Å². The summed E-state index contributed by atoms with van der Waals surface area (Å²) in [5.74, 6) is -0.359. The number of ether oxygens (including phenoxy) is 1. The van der Waals surface area contributed by atoms with Crippen molar-refractivity contribution in [2.24, 2.45) is 0 Å². The average Bonchev–Trinajstić information content (AvgIpc) is 2.65. The molecule has 1 aliphatic rings. The molecule has 1 saturated heterocycles. The maximum Gasteiger partial charge on any atom is 0.495 e. The minimum atomic E-state index is -0.549. The van der Waals surface area contributed by atoms with Crippen LogP contribution in [0.2, 0.25) is 0 Å². The minimum Gasteiger partial charge on any atom is -0.456 e. The molecule has 1 aromatic carbocycles. The van der Waals surface area contributed by atoms with Crippen LogP contribution in [-0.4, -0.2) is 36.9 Å². The highest BCUT2D eigenvalue weighted by atomic mass is 16.7. The topological polar surface area (TPSA) is 56.8 Å². The van der Waals surface area contributed by atoms with Gasteiger partial charge in [0, 0.05) is 12.7 Å². The molecule has 0 atom stereocenters. The van der Waals surface area contributed by atoms with E-state index in [1.165, 1.54) is 0 Å². The minimum absolute atomic E-state index is 0.359.